The summed E-state index contributed by atoms with van der Waals surface area (Å²) in [4.78, 5) is 4.93. The number of rotatable bonds is 8. The topological polar surface area (TPSA) is 33.1 Å². The molecule has 3 heterocycles. The van der Waals surface area contributed by atoms with Crippen molar-refractivity contribution in [1.29, 1.82) is 0 Å². The first-order chi connectivity index (χ1) is 32.5. The summed E-state index contributed by atoms with van der Waals surface area (Å²) in [6, 6.07) is 77.4. The van der Waals surface area contributed by atoms with Crippen LogP contribution < -0.4 is 13.9 Å². The van der Waals surface area contributed by atoms with Crippen LogP contribution in [0.1, 0.15) is 52.7 Å². The van der Waals surface area contributed by atoms with Gasteiger partial charge in [-0.25, -0.2) is 4.98 Å². The molecule has 0 N–H and O–H groups in total. The molecule has 10 aromatic rings. The number of pyridine rings is 1. The van der Waals surface area contributed by atoms with E-state index in [1.807, 2.05) is 24.4 Å². The van der Waals surface area contributed by atoms with Crippen LogP contribution in [0.2, 0.25) is 0 Å². The predicted molar refractivity (Wildman–Crippen MR) is 277 cm³/mol. The van der Waals surface area contributed by atoms with E-state index in [4.69, 9.17) is 9.72 Å². The van der Waals surface area contributed by atoms with Gasteiger partial charge in [0.15, 0.2) is 0 Å². The Kier molecular flexibility index (Phi) is 11.5. The summed E-state index contributed by atoms with van der Waals surface area (Å²) in [5.41, 5.74) is 15.1. The number of fused-ring (bicyclic) bond motifs is 4. The Morgan fingerprint density at radius 3 is 1.91 bits per heavy atom. The smallest absolute Gasteiger partial charge is 0.509 e. The van der Waals surface area contributed by atoms with Crippen molar-refractivity contribution < 1.29 is 25.8 Å². The van der Waals surface area contributed by atoms with Gasteiger partial charge in [0.1, 0.15) is 11.5 Å². The summed E-state index contributed by atoms with van der Waals surface area (Å²) in [6.07, 6.45) is 1.91. The van der Waals surface area contributed by atoms with E-state index in [1.54, 1.807) is 0 Å². The van der Waals surface area contributed by atoms with Gasteiger partial charge in [0.25, 0.3) is 5.69 Å². The Hall–Kier alpha value is -7.42. The maximum atomic E-state index is 6.73. The van der Waals surface area contributed by atoms with Crippen LogP contribution in [0.5, 0.6) is 11.5 Å². The molecule has 1 aliphatic heterocycles. The maximum Gasteiger partial charge on any atom is 2.00 e. The summed E-state index contributed by atoms with van der Waals surface area (Å²) < 4.78 is 13.2. The molecule has 68 heavy (non-hydrogen) atoms. The maximum absolute atomic E-state index is 6.73. The Morgan fingerprint density at radius 2 is 1.16 bits per heavy atom. The van der Waals surface area contributed by atoms with Crippen LogP contribution >= 0.6 is 0 Å². The van der Waals surface area contributed by atoms with Gasteiger partial charge in [-0.2, -0.15) is 12.1 Å². The second-order valence-corrected chi connectivity index (χ2v) is 19.4. The van der Waals surface area contributed by atoms with Gasteiger partial charge in [-0.3, -0.25) is 0 Å². The molecule has 8 aromatic carbocycles. The molecule has 0 spiro atoms. The van der Waals surface area contributed by atoms with Crippen molar-refractivity contribution >= 4 is 50.6 Å². The molecule has 0 amide bonds. The minimum atomic E-state index is -0.0526. The number of para-hydroxylation sites is 1. The third-order valence-electron chi connectivity index (χ3n) is 12.7. The van der Waals surface area contributed by atoms with Crippen molar-refractivity contribution in [2.45, 2.75) is 52.4 Å². The third kappa shape index (κ3) is 8.34. The van der Waals surface area contributed by atoms with Crippen LogP contribution in [0.15, 0.2) is 194 Å². The van der Waals surface area contributed by atoms with E-state index in [1.165, 1.54) is 27.8 Å². The van der Waals surface area contributed by atoms with Gasteiger partial charge < -0.3 is 9.30 Å². The van der Waals surface area contributed by atoms with Gasteiger partial charge in [-0.1, -0.05) is 173 Å². The zero-order valence-corrected chi connectivity index (χ0v) is 41.3. The molecule has 0 aliphatic carbocycles. The van der Waals surface area contributed by atoms with Crippen molar-refractivity contribution in [3.05, 3.63) is 218 Å². The molecule has 0 atom stereocenters. The fourth-order valence-corrected chi connectivity index (χ4v) is 9.15. The molecule has 5 nitrogen and oxygen atoms in total. The zero-order valence-electron chi connectivity index (χ0n) is 39.0. The van der Waals surface area contributed by atoms with Gasteiger partial charge in [0, 0.05) is 41.4 Å². The molecule has 2 aromatic heterocycles. The molecule has 0 radical (unpaired) electrons. The molecule has 0 fully saturated rings. The predicted octanol–water partition coefficient (Wildman–Crippen LogP) is 16.0. The second-order valence-electron chi connectivity index (χ2n) is 19.4. The van der Waals surface area contributed by atoms with Gasteiger partial charge >= 0.3 is 32.8 Å². The zero-order chi connectivity index (χ0) is 45.9. The summed E-state index contributed by atoms with van der Waals surface area (Å²) in [7, 11) is 0. The molecule has 11 rings (SSSR count). The number of benzene rings is 8. The molecule has 6 heteroatoms. The Balaban J connectivity index is 0.00000539. The average Bonchev–Trinajstić information content (AvgIpc) is 3.90. The summed E-state index contributed by atoms with van der Waals surface area (Å²) in [6.45, 7) is 13.5. The normalized spacial score (nSPS) is 12.4. The van der Waals surface area contributed by atoms with Crippen LogP contribution in [-0.4, -0.2) is 15.6 Å². The van der Waals surface area contributed by atoms with Crippen molar-refractivity contribution in [2.24, 2.45) is 0 Å². The minimum absolute atomic E-state index is 0. The van der Waals surface area contributed by atoms with E-state index < -0.39 is 0 Å². The molecule has 0 bridgehead atoms. The SMILES string of the molecule is CC(C)(C)c1cccc([N+]2=C=[N+](c3[c-]c(Oc4[c-]c5c(cc4)c4cc(-c6ccccc6)ccc4n5-c4cc(C(C)(C)C)ccn4)ccc3)c3cccc(-c4cccc(-c5ccccc5)c4)c32)c1.[Pt+2]. The fourth-order valence-electron chi connectivity index (χ4n) is 9.15. The summed E-state index contributed by atoms with van der Waals surface area (Å²) in [5, 5.41) is 2.19. The van der Waals surface area contributed by atoms with Crippen molar-refractivity contribution in [3.63, 3.8) is 0 Å². The van der Waals surface area contributed by atoms with Crippen LogP contribution in [0.4, 0.5) is 22.7 Å². The van der Waals surface area contributed by atoms with Crippen molar-refractivity contribution in [2.75, 3.05) is 0 Å². The quantitative estimate of drug-likeness (QED) is 0.112. The van der Waals surface area contributed by atoms with E-state index in [0.717, 1.165) is 67.1 Å². The molecule has 0 saturated heterocycles. The van der Waals surface area contributed by atoms with Gasteiger partial charge in [-0.15, -0.1) is 23.6 Å². The summed E-state index contributed by atoms with van der Waals surface area (Å²) in [5.74, 6) is 1.99. The number of hydrogen-bond donors (Lipinski definition) is 0. The van der Waals surface area contributed by atoms with Crippen molar-refractivity contribution in [3.8, 4) is 50.7 Å². The summed E-state index contributed by atoms with van der Waals surface area (Å²) >= 11 is 0. The Morgan fingerprint density at radius 1 is 0.515 bits per heavy atom. The largest absolute Gasteiger partial charge is 2.00 e. The Labute approximate surface area is 413 Å². The minimum Gasteiger partial charge on any atom is -0.509 e. The molecular weight excluding hydrogens is 1010 g/mol. The number of nitrogens with zero attached hydrogens (tertiary/aromatic N) is 4. The average molecular weight is 1060 g/mol. The number of ether oxygens (including phenoxy) is 1. The second kappa shape index (κ2) is 17.7. The molecule has 0 saturated carbocycles. The monoisotopic (exact) mass is 1060 g/mol. The van der Waals surface area contributed by atoms with E-state index in [9.17, 15) is 0 Å². The van der Waals surface area contributed by atoms with Crippen LogP contribution in [0, 0.1) is 12.1 Å². The first-order valence-corrected chi connectivity index (χ1v) is 23.0. The Bertz CT molecular complexity index is 3610. The van der Waals surface area contributed by atoms with Gasteiger partial charge in [-0.05, 0) is 90.1 Å². The van der Waals surface area contributed by atoms with Crippen LogP contribution in [-0.2, 0) is 31.9 Å². The number of aromatic nitrogens is 2. The first-order valence-electron chi connectivity index (χ1n) is 23.0. The van der Waals surface area contributed by atoms with Gasteiger partial charge in [0.2, 0.25) is 5.69 Å². The molecular formula is C62H50N4OPt+2. The molecule has 1 aliphatic rings. The number of hydrogen-bond acceptors (Lipinski definition) is 2. The molecule has 332 valence electrons. The van der Waals surface area contributed by atoms with Gasteiger partial charge in [0.05, 0.1) is 5.56 Å². The first kappa shape index (κ1) is 44.4. The van der Waals surface area contributed by atoms with Crippen LogP contribution in [0.3, 0.4) is 0 Å². The van der Waals surface area contributed by atoms with E-state index in [2.05, 4.69) is 243 Å². The molecule has 0 unspecified atom stereocenters. The van der Waals surface area contributed by atoms with E-state index >= 15 is 0 Å². The fraction of sp³-hybridized carbons (Fsp3) is 0.129. The van der Waals surface area contributed by atoms with Crippen LogP contribution in [0.25, 0.3) is 61.0 Å². The van der Waals surface area contributed by atoms with Crippen molar-refractivity contribution in [1.82, 2.24) is 18.7 Å². The van der Waals surface area contributed by atoms with E-state index in [-0.39, 0.29) is 31.9 Å². The third-order valence-corrected chi connectivity index (χ3v) is 12.7. The van der Waals surface area contributed by atoms with E-state index in [0.29, 0.717) is 11.5 Å². The standard InChI is InChI=1S/C62H50N4O.Pt/c1-61(2,3)47-23-14-24-49(37-47)65-41-64(57-28-16-27-53(60(57)65)46-22-13-21-44(35-46)42-17-9-7-10-18-42)50-25-15-26-51(39-50)67-52-30-31-54-55-36-45(43-19-11-8-12-20-43)29-32-56(55)66(58(54)40-52)59-38-48(33-34-63-59)62(4,5)6;/h7-38H,1-6H3;/q;+2.